The van der Waals surface area contributed by atoms with Gasteiger partial charge in [0.2, 0.25) is 5.91 Å². The summed E-state index contributed by atoms with van der Waals surface area (Å²) in [5.74, 6) is -1.49. The topological polar surface area (TPSA) is 85.0 Å². The first-order valence-corrected chi connectivity index (χ1v) is 6.63. The predicted octanol–water partition coefficient (Wildman–Crippen LogP) is 0.989. The van der Waals surface area contributed by atoms with Crippen LogP contribution in [0.3, 0.4) is 0 Å². The molecule has 0 saturated heterocycles. The number of aromatic nitrogens is 1. The molecule has 1 unspecified atom stereocenters. The van der Waals surface area contributed by atoms with E-state index in [2.05, 4.69) is 10.3 Å². The third kappa shape index (κ3) is 2.82. The Bertz CT molecular complexity index is 646. The van der Waals surface area contributed by atoms with Crippen LogP contribution in [0.5, 0.6) is 0 Å². The molecule has 2 rings (SSSR count). The van der Waals surface area contributed by atoms with Crippen LogP contribution in [-0.2, 0) is 11.2 Å². The summed E-state index contributed by atoms with van der Waals surface area (Å²) in [7, 11) is 0. The molecular weight excluding hydrogens is 256 g/mol. The van der Waals surface area contributed by atoms with E-state index in [0.717, 1.165) is 11.8 Å². The van der Waals surface area contributed by atoms with E-state index in [-0.39, 0.29) is 24.1 Å². The number of fused-ring (bicyclic) bond motifs is 1. The number of nitrogens with one attached hydrogen (secondary N) is 2. The highest BCUT2D eigenvalue weighted by Crippen LogP contribution is 2.22. The van der Waals surface area contributed by atoms with Crippen LogP contribution in [0.15, 0.2) is 24.3 Å². The molecule has 2 aromatic rings. The Morgan fingerprint density at radius 1 is 1.35 bits per heavy atom. The predicted molar refractivity (Wildman–Crippen MR) is 74.2 cm³/mol. The first-order valence-electron chi connectivity index (χ1n) is 6.63. The summed E-state index contributed by atoms with van der Waals surface area (Å²) in [5.41, 5.74) is 1.14. The minimum Gasteiger partial charge on any atom is -0.543 e. The molecule has 0 aliphatic carbocycles. The van der Waals surface area contributed by atoms with E-state index >= 15 is 0 Å². The second kappa shape index (κ2) is 5.77. The molecule has 0 radical (unpaired) electrons. The summed E-state index contributed by atoms with van der Waals surface area (Å²) in [6.45, 7) is 3.88. The number of hydrogen-bond acceptors (Lipinski definition) is 3. The van der Waals surface area contributed by atoms with Gasteiger partial charge in [-0.15, -0.1) is 0 Å². The molecule has 20 heavy (non-hydrogen) atoms. The number of carbonyl (C=O) groups is 2. The average Bonchev–Trinajstić information content (AvgIpc) is 2.78. The SMILES string of the molecule is CCC(C)NC(=O)Cc1c(C(=O)[O-])[nH]c2ccccc12. The van der Waals surface area contributed by atoms with Crippen LogP contribution in [0.1, 0.15) is 36.3 Å². The molecule has 2 N–H and O–H groups in total. The number of amides is 1. The molecule has 0 aliphatic heterocycles. The van der Waals surface area contributed by atoms with Crippen molar-refractivity contribution >= 4 is 22.8 Å². The quantitative estimate of drug-likeness (QED) is 0.852. The monoisotopic (exact) mass is 273 g/mol. The zero-order valence-electron chi connectivity index (χ0n) is 11.5. The van der Waals surface area contributed by atoms with Crippen LogP contribution in [0, 0.1) is 0 Å². The van der Waals surface area contributed by atoms with Crippen molar-refractivity contribution in [2.75, 3.05) is 0 Å². The van der Waals surface area contributed by atoms with Crippen molar-refractivity contribution in [3.63, 3.8) is 0 Å². The average molecular weight is 273 g/mol. The van der Waals surface area contributed by atoms with Gasteiger partial charge in [-0.2, -0.15) is 0 Å². The van der Waals surface area contributed by atoms with Gasteiger partial charge in [0.05, 0.1) is 18.1 Å². The minimum atomic E-state index is -1.30. The van der Waals surface area contributed by atoms with E-state index in [9.17, 15) is 14.7 Å². The lowest BCUT2D eigenvalue weighted by molar-refractivity contribution is -0.255. The van der Waals surface area contributed by atoms with E-state index in [1.54, 1.807) is 18.2 Å². The van der Waals surface area contributed by atoms with Crippen molar-refractivity contribution in [3.05, 3.63) is 35.5 Å². The van der Waals surface area contributed by atoms with Gasteiger partial charge >= 0.3 is 0 Å². The van der Waals surface area contributed by atoms with Gasteiger partial charge in [0, 0.05) is 16.9 Å². The normalized spacial score (nSPS) is 12.3. The molecular formula is C15H17N2O3-. The highest BCUT2D eigenvalue weighted by atomic mass is 16.4. The summed E-state index contributed by atoms with van der Waals surface area (Å²) in [5, 5.41) is 14.8. The lowest BCUT2D eigenvalue weighted by Crippen LogP contribution is -2.34. The lowest BCUT2D eigenvalue weighted by Gasteiger charge is -2.12. The van der Waals surface area contributed by atoms with Crippen molar-refractivity contribution in [1.29, 1.82) is 0 Å². The molecule has 0 bridgehead atoms. The standard InChI is InChI=1S/C15H18N2O3/c1-3-9(2)16-13(18)8-11-10-6-4-5-7-12(10)17-14(11)15(19)20/h4-7,9,17H,3,8H2,1-2H3,(H,16,18)(H,19,20)/p-1. The number of rotatable bonds is 5. The molecule has 1 heterocycles. The Morgan fingerprint density at radius 3 is 2.70 bits per heavy atom. The number of benzene rings is 1. The van der Waals surface area contributed by atoms with Gasteiger partial charge in [-0.05, 0) is 25.0 Å². The van der Waals surface area contributed by atoms with E-state index < -0.39 is 5.97 Å². The Labute approximate surface area is 117 Å². The number of aromatic amines is 1. The number of para-hydroxylation sites is 1. The smallest absolute Gasteiger partial charge is 0.224 e. The van der Waals surface area contributed by atoms with Gasteiger partial charge in [0.15, 0.2) is 0 Å². The number of aromatic carboxylic acids is 1. The van der Waals surface area contributed by atoms with Crippen LogP contribution in [-0.4, -0.2) is 22.9 Å². The molecule has 106 valence electrons. The van der Waals surface area contributed by atoms with Crippen LogP contribution < -0.4 is 10.4 Å². The van der Waals surface area contributed by atoms with Gasteiger partial charge in [0.1, 0.15) is 0 Å². The minimum absolute atomic E-state index is 0.0227. The Balaban J connectivity index is 2.34. The maximum atomic E-state index is 12.0. The summed E-state index contributed by atoms with van der Waals surface area (Å²) >= 11 is 0. The zero-order valence-corrected chi connectivity index (χ0v) is 11.5. The fourth-order valence-electron chi connectivity index (χ4n) is 2.15. The maximum absolute atomic E-state index is 12.0. The molecule has 0 aliphatic rings. The first kappa shape index (κ1) is 14.1. The van der Waals surface area contributed by atoms with Gasteiger partial charge in [-0.25, -0.2) is 0 Å². The fourth-order valence-corrected chi connectivity index (χ4v) is 2.15. The van der Waals surface area contributed by atoms with Gasteiger partial charge < -0.3 is 20.2 Å². The lowest BCUT2D eigenvalue weighted by atomic mass is 10.1. The molecule has 1 aromatic heterocycles. The molecule has 5 nitrogen and oxygen atoms in total. The molecule has 1 aromatic carbocycles. The van der Waals surface area contributed by atoms with Gasteiger partial charge in [0.25, 0.3) is 0 Å². The van der Waals surface area contributed by atoms with E-state index in [1.807, 2.05) is 19.9 Å². The molecule has 0 fully saturated rings. The maximum Gasteiger partial charge on any atom is 0.224 e. The van der Waals surface area contributed by atoms with Crippen molar-refractivity contribution < 1.29 is 14.7 Å². The van der Waals surface area contributed by atoms with Crippen LogP contribution >= 0.6 is 0 Å². The van der Waals surface area contributed by atoms with Crippen LogP contribution in [0.25, 0.3) is 10.9 Å². The third-order valence-corrected chi connectivity index (χ3v) is 3.37. The van der Waals surface area contributed by atoms with Crippen molar-refractivity contribution in [1.82, 2.24) is 10.3 Å². The summed E-state index contributed by atoms with van der Waals surface area (Å²) in [6.07, 6.45) is 0.852. The van der Waals surface area contributed by atoms with Crippen molar-refractivity contribution in [3.8, 4) is 0 Å². The summed E-state index contributed by atoms with van der Waals surface area (Å²) in [4.78, 5) is 25.9. The van der Waals surface area contributed by atoms with E-state index in [0.29, 0.717) is 11.1 Å². The summed E-state index contributed by atoms with van der Waals surface area (Å²) in [6, 6.07) is 7.26. The Morgan fingerprint density at radius 2 is 2.05 bits per heavy atom. The summed E-state index contributed by atoms with van der Waals surface area (Å²) < 4.78 is 0. The van der Waals surface area contributed by atoms with Crippen LogP contribution in [0.4, 0.5) is 0 Å². The highest BCUT2D eigenvalue weighted by Gasteiger charge is 2.16. The first-order chi connectivity index (χ1) is 9.52. The second-order valence-corrected chi connectivity index (χ2v) is 4.87. The van der Waals surface area contributed by atoms with E-state index in [4.69, 9.17) is 0 Å². The van der Waals surface area contributed by atoms with E-state index in [1.165, 1.54) is 0 Å². The molecule has 1 amide bonds. The largest absolute Gasteiger partial charge is 0.543 e. The number of H-pyrrole nitrogens is 1. The molecule has 0 spiro atoms. The zero-order chi connectivity index (χ0) is 14.7. The third-order valence-electron chi connectivity index (χ3n) is 3.37. The number of carboxylic acids is 1. The van der Waals surface area contributed by atoms with Crippen molar-refractivity contribution in [2.45, 2.75) is 32.7 Å². The fraction of sp³-hybridized carbons (Fsp3) is 0.333. The second-order valence-electron chi connectivity index (χ2n) is 4.87. The molecule has 1 atom stereocenters. The van der Waals surface area contributed by atoms with Gasteiger partial charge in [-0.3, -0.25) is 4.79 Å². The highest BCUT2D eigenvalue weighted by molar-refractivity contribution is 5.99. The number of carbonyl (C=O) groups excluding carboxylic acids is 2. The Hall–Kier alpha value is -2.30. The van der Waals surface area contributed by atoms with Crippen LogP contribution in [0.2, 0.25) is 0 Å². The number of hydrogen-bond donors (Lipinski definition) is 2. The molecule has 5 heteroatoms. The van der Waals surface area contributed by atoms with Gasteiger partial charge in [-0.1, -0.05) is 25.1 Å². The van der Waals surface area contributed by atoms with Crippen molar-refractivity contribution in [2.24, 2.45) is 0 Å². The Kier molecular flexibility index (Phi) is 4.08. The number of carboxylic acid groups (broad SMARTS) is 1. The molecule has 0 saturated carbocycles.